The largest absolute Gasteiger partial charge is 0.286 e. The molecule has 1 N–H and O–H groups in total. The van der Waals surface area contributed by atoms with Gasteiger partial charge in [-0.2, -0.15) is 8.42 Å². The Morgan fingerprint density at radius 3 is 2.23 bits per heavy atom. The normalized spacial score (nSPS) is 10.1. The molecule has 0 amide bonds. The van der Waals surface area contributed by atoms with Crippen molar-refractivity contribution in [2.45, 2.75) is 13.3 Å². The smallest absolute Gasteiger partial charge is 0.261 e. The van der Waals surface area contributed by atoms with Crippen molar-refractivity contribution in [2.75, 3.05) is 6.26 Å². The van der Waals surface area contributed by atoms with Crippen molar-refractivity contribution < 1.29 is 13.0 Å². The van der Waals surface area contributed by atoms with Crippen LogP contribution in [0.15, 0.2) is 24.4 Å². The van der Waals surface area contributed by atoms with Gasteiger partial charge >= 0.3 is 0 Å². The summed E-state index contributed by atoms with van der Waals surface area (Å²) in [6, 6.07) is 5.96. The number of pyridine rings is 1. The standard InChI is InChI=1S/C7H9N.CH4O3S/c1-2-7-5-3-4-6-8-7;1-5(2,3)4/h3-6H,2H2,1H3;1H3,(H,2,3,4). The predicted octanol–water partition coefficient (Wildman–Crippen LogP) is 1.15. The Morgan fingerprint density at radius 2 is 2.00 bits per heavy atom. The van der Waals surface area contributed by atoms with Crippen molar-refractivity contribution in [1.29, 1.82) is 0 Å². The van der Waals surface area contributed by atoms with Gasteiger partial charge in [-0.1, -0.05) is 13.0 Å². The van der Waals surface area contributed by atoms with Crippen molar-refractivity contribution in [3.05, 3.63) is 30.1 Å². The summed E-state index contributed by atoms with van der Waals surface area (Å²) in [4.78, 5) is 4.10. The molecule has 0 bridgehead atoms. The van der Waals surface area contributed by atoms with E-state index in [-0.39, 0.29) is 0 Å². The lowest BCUT2D eigenvalue weighted by molar-refractivity contribution is 0.490. The van der Waals surface area contributed by atoms with Crippen LogP contribution in [0, 0.1) is 0 Å². The minimum absolute atomic E-state index is 0.715. The molecule has 74 valence electrons. The number of aromatic nitrogens is 1. The third-order valence-corrected chi connectivity index (χ3v) is 1.09. The van der Waals surface area contributed by atoms with E-state index in [2.05, 4.69) is 11.9 Å². The summed E-state index contributed by atoms with van der Waals surface area (Å²) >= 11 is 0. The average Bonchev–Trinajstić information content (AvgIpc) is 2.03. The zero-order valence-electron chi connectivity index (χ0n) is 7.64. The minimum atomic E-state index is -3.67. The molecule has 0 aliphatic rings. The van der Waals surface area contributed by atoms with Gasteiger partial charge in [0.25, 0.3) is 10.1 Å². The molecule has 0 aliphatic heterocycles. The molecule has 1 aromatic rings. The van der Waals surface area contributed by atoms with Gasteiger partial charge in [-0.15, -0.1) is 0 Å². The Hall–Kier alpha value is -0.940. The quantitative estimate of drug-likeness (QED) is 0.695. The molecule has 1 heterocycles. The van der Waals surface area contributed by atoms with Crippen molar-refractivity contribution in [3.8, 4) is 0 Å². The maximum absolute atomic E-state index is 9.19. The fourth-order valence-electron chi connectivity index (χ4n) is 0.607. The zero-order valence-corrected chi connectivity index (χ0v) is 8.45. The predicted molar refractivity (Wildman–Crippen MR) is 51.1 cm³/mol. The molecular weight excluding hydrogens is 190 g/mol. The average molecular weight is 203 g/mol. The molecule has 13 heavy (non-hydrogen) atoms. The van der Waals surface area contributed by atoms with E-state index < -0.39 is 10.1 Å². The first-order valence-electron chi connectivity index (χ1n) is 3.76. The Bertz CT molecular complexity index is 313. The zero-order chi connectivity index (χ0) is 10.3. The lowest BCUT2D eigenvalue weighted by Crippen LogP contribution is -1.88. The van der Waals surface area contributed by atoms with Crippen LogP contribution in [0.1, 0.15) is 12.6 Å². The Morgan fingerprint density at radius 1 is 1.46 bits per heavy atom. The molecule has 0 atom stereocenters. The maximum atomic E-state index is 9.19. The van der Waals surface area contributed by atoms with Crippen LogP contribution >= 0.6 is 0 Å². The first-order valence-corrected chi connectivity index (χ1v) is 5.60. The highest BCUT2D eigenvalue weighted by Crippen LogP contribution is 1.91. The molecular formula is C8H13NO3S. The Balaban J connectivity index is 0.000000252. The van der Waals surface area contributed by atoms with Crippen LogP contribution in [-0.2, 0) is 16.5 Å². The van der Waals surface area contributed by atoms with Crippen LogP contribution in [0.25, 0.3) is 0 Å². The number of hydrogen-bond donors (Lipinski definition) is 1. The van der Waals surface area contributed by atoms with E-state index in [4.69, 9.17) is 4.55 Å². The van der Waals surface area contributed by atoms with Gasteiger partial charge < -0.3 is 0 Å². The van der Waals surface area contributed by atoms with Gasteiger partial charge in [-0.3, -0.25) is 9.54 Å². The SMILES string of the molecule is CCc1ccccn1.CS(=O)(=O)O. The van der Waals surface area contributed by atoms with Crippen LogP contribution in [0.2, 0.25) is 0 Å². The van der Waals surface area contributed by atoms with Gasteiger partial charge in [-0.05, 0) is 18.6 Å². The molecule has 0 saturated carbocycles. The third-order valence-electron chi connectivity index (χ3n) is 1.09. The van der Waals surface area contributed by atoms with Crippen molar-refractivity contribution in [2.24, 2.45) is 0 Å². The highest BCUT2D eigenvalue weighted by Gasteiger charge is 1.82. The molecule has 1 aromatic heterocycles. The number of aryl methyl sites for hydroxylation is 1. The summed E-state index contributed by atoms with van der Waals surface area (Å²) < 4.78 is 25.9. The summed E-state index contributed by atoms with van der Waals surface area (Å²) in [5.74, 6) is 0. The molecule has 0 unspecified atom stereocenters. The molecule has 0 saturated heterocycles. The molecule has 4 nitrogen and oxygen atoms in total. The van der Waals surface area contributed by atoms with Crippen LogP contribution in [0.4, 0.5) is 0 Å². The fraction of sp³-hybridized carbons (Fsp3) is 0.375. The highest BCUT2D eigenvalue weighted by atomic mass is 32.2. The topological polar surface area (TPSA) is 67.3 Å². The molecule has 0 aromatic carbocycles. The Labute approximate surface area is 78.4 Å². The number of hydrogen-bond acceptors (Lipinski definition) is 3. The molecule has 1 rings (SSSR count). The maximum Gasteiger partial charge on any atom is 0.261 e. The second kappa shape index (κ2) is 5.66. The summed E-state index contributed by atoms with van der Waals surface area (Å²) in [5.41, 5.74) is 1.16. The van der Waals surface area contributed by atoms with Gasteiger partial charge in [0.05, 0.1) is 6.26 Å². The van der Waals surface area contributed by atoms with E-state index in [1.54, 1.807) is 0 Å². The van der Waals surface area contributed by atoms with E-state index in [1.807, 2.05) is 24.4 Å². The summed E-state index contributed by atoms with van der Waals surface area (Å²) in [7, 11) is -3.67. The Kier molecular flexibility index (Phi) is 5.25. The number of rotatable bonds is 1. The van der Waals surface area contributed by atoms with E-state index >= 15 is 0 Å². The summed E-state index contributed by atoms with van der Waals surface area (Å²) in [6.45, 7) is 2.10. The summed E-state index contributed by atoms with van der Waals surface area (Å²) in [6.07, 6.45) is 3.56. The lowest BCUT2D eigenvalue weighted by Gasteiger charge is -1.88. The monoisotopic (exact) mass is 203 g/mol. The van der Waals surface area contributed by atoms with E-state index in [9.17, 15) is 8.42 Å². The first kappa shape index (κ1) is 12.1. The van der Waals surface area contributed by atoms with E-state index in [1.165, 1.54) is 0 Å². The van der Waals surface area contributed by atoms with Crippen molar-refractivity contribution in [1.82, 2.24) is 4.98 Å². The van der Waals surface area contributed by atoms with Gasteiger partial charge in [0.15, 0.2) is 0 Å². The van der Waals surface area contributed by atoms with Gasteiger partial charge in [0.2, 0.25) is 0 Å². The van der Waals surface area contributed by atoms with Gasteiger partial charge in [0, 0.05) is 11.9 Å². The molecule has 0 fully saturated rings. The first-order chi connectivity index (χ1) is 5.93. The van der Waals surface area contributed by atoms with Crippen LogP contribution < -0.4 is 0 Å². The number of nitrogens with zero attached hydrogens (tertiary/aromatic N) is 1. The van der Waals surface area contributed by atoms with Crippen molar-refractivity contribution in [3.63, 3.8) is 0 Å². The van der Waals surface area contributed by atoms with E-state index in [0.717, 1.165) is 12.1 Å². The fourth-order valence-corrected chi connectivity index (χ4v) is 0.607. The van der Waals surface area contributed by atoms with Crippen molar-refractivity contribution >= 4 is 10.1 Å². The molecule has 0 aliphatic carbocycles. The van der Waals surface area contributed by atoms with Crippen LogP contribution in [0.5, 0.6) is 0 Å². The van der Waals surface area contributed by atoms with Gasteiger partial charge in [-0.25, -0.2) is 0 Å². The molecule has 0 radical (unpaired) electrons. The van der Waals surface area contributed by atoms with Crippen LogP contribution in [0.3, 0.4) is 0 Å². The summed E-state index contributed by atoms with van der Waals surface area (Å²) in [5, 5.41) is 0. The molecule has 0 spiro atoms. The second-order valence-electron chi connectivity index (χ2n) is 2.41. The van der Waals surface area contributed by atoms with Gasteiger partial charge in [0.1, 0.15) is 0 Å². The lowest BCUT2D eigenvalue weighted by atomic mass is 10.3. The second-order valence-corrected chi connectivity index (χ2v) is 3.87. The highest BCUT2D eigenvalue weighted by molar-refractivity contribution is 7.85. The van der Waals surface area contributed by atoms with E-state index in [0.29, 0.717) is 6.26 Å². The third kappa shape index (κ3) is 11.1. The minimum Gasteiger partial charge on any atom is -0.286 e. The molecule has 5 heteroatoms. The van der Waals surface area contributed by atoms with Crippen LogP contribution in [-0.4, -0.2) is 24.2 Å².